The zero-order valence-electron chi connectivity index (χ0n) is 14.7. The maximum Gasteiger partial charge on any atom is 0.225 e. The third kappa shape index (κ3) is 4.68. The number of ether oxygens (including phenoxy) is 1. The van der Waals surface area contributed by atoms with E-state index in [1.165, 1.54) is 0 Å². The van der Waals surface area contributed by atoms with Crippen molar-refractivity contribution in [3.63, 3.8) is 0 Å². The van der Waals surface area contributed by atoms with Crippen molar-refractivity contribution in [1.82, 2.24) is 10.3 Å². The number of amides is 1. The highest BCUT2D eigenvalue weighted by molar-refractivity contribution is 5.80. The molecule has 24 heavy (non-hydrogen) atoms. The lowest BCUT2D eigenvalue weighted by Gasteiger charge is -2.34. The molecule has 1 aliphatic rings. The molecule has 6 nitrogen and oxygen atoms in total. The number of piperidine rings is 1. The van der Waals surface area contributed by atoms with E-state index in [1.54, 1.807) is 13.2 Å². The topological polar surface area (TPSA) is 78.2 Å². The van der Waals surface area contributed by atoms with Crippen LogP contribution in [-0.4, -0.2) is 43.7 Å². The van der Waals surface area contributed by atoms with E-state index in [1.807, 2.05) is 19.9 Å². The van der Waals surface area contributed by atoms with Gasteiger partial charge in [0.2, 0.25) is 5.91 Å². The Morgan fingerprint density at radius 2 is 2.38 bits per heavy atom. The van der Waals surface area contributed by atoms with Crippen LogP contribution in [0, 0.1) is 24.2 Å². The Labute approximate surface area is 143 Å². The maximum absolute atomic E-state index is 12.5. The van der Waals surface area contributed by atoms with Gasteiger partial charge in [0.1, 0.15) is 11.9 Å². The minimum atomic E-state index is -0.0717. The molecule has 0 aliphatic carbocycles. The normalized spacial score (nSPS) is 18.8. The van der Waals surface area contributed by atoms with Crippen molar-refractivity contribution in [3.05, 3.63) is 23.4 Å². The van der Waals surface area contributed by atoms with Gasteiger partial charge in [0.15, 0.2) is 0 Å². The predicted octanol–water partition coefficient (Wildman–Crippen LogP) is 2.02. The van der Waals surface area contributed by atoms with Crippen LogP contribution in [-0.2, 0) is 9.53 Å². The number of nitriles is 1. The van der Waals surface area contributed by atoms with E-state index in [4.69, 9.17) is 4.74 Å². The van der Waals surface area contributed by atoms with Crippen LogP contribution in [0.3, 0.4) is 0 Å². The lowest BCUT2D eigenvalue weighted by Crippen LogP contribution is -2.46. The molecule has 2 atom stereocenters. The van der Waals surface area contributed by atoms with Gasteiger partial charge in [-0.05, 0) is 45.2 Å². The molecular weight excluding hydrogens is 304 g/mol. The smallest absolute Gasteiger partial charge is 0.225 e. The zero-order valence-corrected chi connectivity index (χ0v) is 14.7. The molecule has 1 fully saturated rings. The fourth-order valence-corrected chi connectivity index (χ4v) is 2.98. The van der Waals surface area contributed by atoms with Crippen molar-refractivity contribution in [2.75, 3.05) is 31.7 Å². The van der Waals surface area contributed by atoms with E-state index in [2.05, 4.69) is 21.3 Å². The molecule has 0 spiro atoms. The summed E-state index contributed by atoms with van der Waals surface area (Å²) in [5, 5.41) is 12.4. The molecule has 2 unspecified atom stereocenters. The zero-order chi connectivity index (χ0) is 17.5. The monoisotopic (exact) mass is 330 g/mol. The largest absolute Gasteiger partial charge is 0.385 e. The second kappa shape index (κ2) is 8.65. The number of hydrogen-bond acceptors (Lipinski definition) is 5. The number of carbonyl (C=O) groups excluding carboxylic acids is 1. The number of aromatic nitrogens is 1. The average Bonchev–Trinajstić information content (AvgIpc) is 2.60. The van der Waals surface area contributed by atoms with Crippen LogP contribution in [0.1, 0.15) is 37.4 Å². The first-order valence-corrected chi connectivity index (χ1v) is 8.47. The summed E-state index contributed by atoms with van der Waals surface area (Å²) in [6.45, 7) is 5.97. The van der Waals surface area contributed by atoms with Crippen LogP contribution in [0.5, 0.6) is 0 Å². The number of carbonyl (C=O) groups is 1. The van der Waals surface area contributed by atoms with E-state index >= 15 is 0 Å². The van der Waals surface area contributed by atoms with Gasteiger partial charge in [-0.15, -0.1) is 0 Å². The third-order valence-corrected chi connectivity index (χ3v) is 4.37. The molecular formula is C18H26N4O2. The fraction of sp³-hybridized carbons (Fsp3) is 0.611. The Bertz CT molecular complexity index is 612. The lowest BCUT2D eigenvalue weighted by atomic mass is 9.96. The van der Waals surface area contributed by atoms with Gasteiger partial charge < -0.3 is 15.0 Å². The molecule has 1 aromatic heterocycles. The number of nitrogens with zero attached hydrogens (tertiary/aromatic N) is 3. The summed E-state index contributed by atoms with van der Waals surface area (Å²) in [7, 11) is 1.66. The summed E-state index contributed by atoms with van der Waals surface area (Å²) >= 11 is 0. The SMILES string of the molecule is COCCC(C)NC(=O)C1CCCN(c2nc(C)ccc2C#N)C1. The number of hydrogen-bond donors (Lipinski definition) is 1. The van der Waals surface area contributed by atoms with Crippen LogP contribution >= 0.6 is 0 Å². The van der Waals surface area contributed by atoms with Gasteiger partial charge in [-0.25, -0.2) is 4.98 Å². The molecule has 1 N–H and O–H groups in total. The molecule has 2 rings (SSSR count). The predicted molar refractivity (Wildman–Crippen MR) is 92.7 cm³/mol. The summed E-state index contributed by atoms with van der Waals surface area (Å²) in [6.07, 6.45) is 2.59. The van der Waals surface area contributed by atoms with Gasteiger partial charge in [0, 0.05) is 38.5 Å². The molecule has 6 heteroatoms. The number of rotatable bonds is 6. The van der Waals surface area contributed by atoms with E-state index in [9.17, 15) is 10.1 Å². The number of aryl methyl sites for hydroxylation is 1. The van der Waals surface area contributed by atoms with Gasteiger partial charge in [-0.1, -0.05) is 0 Å². The van der Waals surface area contributed by atoms with Crippen LogP contribution in [0.25, 0.3) is 0 Å². The molecule has 0 bridgehead atoms. The highest BCUT2D eigenvalue weighted by Crippen LogP contribution is 2.25. The van der Waals surface area contributed by atoms with Gasteiger partial charge >= 0.3 is 0 Å². The highest BCUT2D eigenvalue weighted by Gasteiger charge is 2.28. The number of methoxy groups -OCH3 is 1. The Morgan fingerprint density at radius 3 is 3.08 bits per heavy atom. The number of pyridine rings is 1. The molecule has 1 amide bonds. The van der Waals surface area contributed by atoms with Crippen molar-refractivity contribution >= 4 is 11.7 Å². The lowest BCUT2D eigenvalue weighted by molar-refractivity contribution is -0.125. The van der Waals surface area contributed by atoms with Crippen molar-refractivity contribution in [1.29, 1.82) is 5.26 Å². The van der Waals surface area contributed by atoms with E-state index in [0.717, 1.165) is 31.5 Å². The quantitative estimate of drug-likeness (QED) is 0.863. The molecule has 1 saturated heterocycles. The maximum atomic E-state index is 12.5. The van der Waals surface area contributed by atoms with Crippen LogP contribution in [0.4, 0.5) is 5.82 Å². The summed E-state index contributed by atoms with van der Waals surface area (Å²) in [5.74, 6) is 0.703. The fourth-order valence-electron chi connectivity index (χ4n) is 2.98. The minimum absolute atomic E-state index is 0.0717. The summed E-state index contributed by atoms with van der Waals surface area (Å²) in [5.41, 5.74) is 1.44. The van der Waals surface area contributed by atoms with Gasteiger partial charge in [0.25, 0.3) is 0 Å². The number of nitrogens with one attached hydrogen (secondary N) is 1. The van der Waals surface area contributed by atoms with Crippen LogP contribution in [0.15, 0.2) is 12.1 Å². The Balaban J connectivity index is 2.03. The van der Waals surface area contributed by atoms with Gasteiger partial charge in [0.05, 0.1) is 11.5 Å². The summed E-state index contributed by atoms with van der Waals surface area (Å²) in [6, 6.07) is 5.94. The van der Waals surface area contributed by atoms with Gasteiger partial charge in [-0.2, -0.15) is 5.26 Å². The average molecular weight is 330 g/mol. The van der Waals surface area contributed by atoms with Crippen molar-refractivity contribution in [2.45, 2.75) is 39.2 Å². The second-order valence-electron chi connectivity index (χ2n) is 6.41. The third-order valence-electron chi connectivity index (χ3n) is 4.37. The van der Waals surface area contributed by atoms with Crippen LogP contribution in [0.2, 0.25) is 0 Å². The molecule has 1 aliphatic heterocycles. The van der Waals surface area contributed by atoms with Crippen molar-refractivity contribution < 1.29 is 9.53 Å². The van der Waals surface area contributed by atoms with Crippen molar-refractivity contribution in [2.24, 2.45) is 5.92 Å². The summed E-state index contributed by atoms with van der Waals surface area (Å²) < 4.78 is 5.05. The first-order valence-electron chi connectivity index (χ1n) is 8.47. The number of anilines is 1. The van der Waals surface area contributed by atoms with Crippen LogP contribution < -0.4 is 10.2 Å². The van der Waals surface area contributed by atoms with Crippen molar-refractivity contribution in [3.8, 4) is 6.07 Å². The standard InChI is InChI=1S/C18H26N4O2/c1-13-6-7-15(11-19)17(20-13)22-9-4-5-16(12-22)18(23)21-14(2)8-10-24-3/h6-7,14,16H,4-5,8-10,12H2,1-3H3,(H,21,23). The first kappa shape index (κ1) is 18.2. The Morgan fingerprint density at radius 1 is 1.58 bits per heavy atom. The Kier molecular flexibility index (Phi) is 6.56. The molecule has 0 saturated carbocycles. The molecule has 1 aromatic rings. The van der Waals surface area contributed by atoms with E-state index < -0.39 is 0 Å². The second-order valence-corrected chi connectivity index (χ2v) is 6.41. The first-order chi connectivity index (χ1) is 11.5. The van der Waals surface area contributed by atoms with Gasteiger partial charge in [-0.3, -0.25) is 4.79 Å². The molecule has 2 heterocycles. The molecule has 130 valence electrons. The molecule has 0 aromatic carbocycles. The van der Waals surface area contributed by atoms with E-state index in [-0.39, 0.29) is 17.9 Å². The Hall–Kier alpha value is -2.13. The highest BCUT2D eigenvalue weighted by atomic mass is 16.5. The minimum Gasteiger partial charge on any atom is -0.385 e. The molecule has 0 radical (unpaired) electrons. The van der Waals surface area contributed by atoms with E-state index in [0.29, 0.717) is 24.5 Å². The summed E-state index contributed by atoms with van der Waals surface area (Å²) in [4.78, 5) is 19.1.